The second kappa shape index (κ2) is 7.29. The van der Waals surface area contributed by atoms with Crippen LogP contribution in [0.15, 0.2) is 36.4 Å². The van der Waals surface area contributed by atoms with Crippen molar-refractivity contribution in [2.75, 3.05) is 17.2 Å². The molecule has 116 valence electrons. The highest BCUT2D eigenvalue weighted by Gasteiger charge is 2.07. The normalized spacial score (nSPS) is 10.4. The van der Waals surface area contributed by atoms with Gasteiger partial charge in [0.25, 0.3) is 0 Å². The van der Waals surface area contributed by atoms with Crippen LogP contribution in [-0.4, -0.2) is 17.6 Å². The van der Waals surface area contributed by atoms with Crippen LogP contribution in [0.3, 0.4) is 0 Å². The SMILES string of the molecule is Cc1cccc(NC(=O)CNc2cc(CO)ccc2Cl)c1C. The number of benzene rings is 2. The zero-order valence-electron chi connectivity index (χ0n) is 12.6. The highest BCUT2D eigenvalue weighted by molar-refractivity contribution is 6.33. The van der Waals surface area contributed by atoms with E-state index < -0.39 is 0 Å². The van der Waals surface area contributed by atoms with Gasteiger partial charge in [-0.3, -0.25) is 4.79 Å². The summed E-state index contributed by atoms with van der Waals surface area (Å²) in [7, 11) is 0. The van der Waals surface area contributed by atoms with E-state index in [-0.39, 0.29) is 19.1 Å². The van der Waals surface area contributed by atoms with Crippen molar-refractivity contribution in [1.82, 2.24) is 0 Å². The van der Waals surface area contributed by atoms with Gasteiger partial charge in [-0.05, 0) is 48.7 Å². The molecule has 0 saturated carbocycles. The zero-order valence-corrected chi connectivity index (χ0v) is 13.4. The van der Waals surface area contributed by atoms with Crippen LogP contribution >= 0.6 is 11.6 Å². The fourth-order valence-electron chi connectivity index (χ4n) is 2.06. The molecule has 1 amide bonds. The Balaban J connectivity index is 2.00. The van der Waals surface area contributed by atoms with Gasteiger partial charge in [-0.2, -0.15) is 0 Å². The van der Waals surface area contributed by atoms with Gasteiger partial charge in [0, 0.05) is 5.69 Å². The third kappa shape index (κ3) is 4.00. The predicted octanol–water partition coefficient (Wildman–Crippen LogP) is 3.50. The maximum atomic E-state index is 12.0. The number of rotatable bonds is 5. The molecular weight excluding hydrogens is 300 g/mol. The molecule has 0 spiro atoms. The van der Waals surface area contributed by atoms with Crippen molar-refractivity contribution in [2.24, 2.45) is 0 Å². The molecule has 0 fully saturated rings. The van der Waals surface area contributed by atoms with Crippen LogP contribution in [0.4, 0.5) is 11.4 Å². The number of aryl methyl sites for hydroxylation is 1. The summed E-state index contributed by atoms with van der Waals surface area (Å²) < 4.78 is 0. The molecule has 0 heterocycles. The Morgan fingerprint density at radius 3 is 2.68 bits per heavy atom. The van der Waals surface area contributed by atoms with Crippen molar-refractivity contribution in [3.05, 3.63) is 58.1 Å². The van der Waals surface area contributed by atoms with Crippen molar-refractivity contribution >= 4 is 28.9 Å². The van der Waals surface area contributed by atoms with Crippen molar-refractivity contribution in [3.8, 4) is 0 Å². The monoisotopic (exact) mass is 318 g/mol. The van der Waals surface area contributed by atoms with E-state index in [1.165, 1.54) is 0 Å². The van der Waals surface area contributed by atoms with Crippen LogP contribution in [0, 0.1) is 13.8 Å². The minimum absolute atomic E-state index is 0.0689. The third-order valence-electron chi connectivity index (χ3n) is 3.53. The smallest absolute Gasteiger partial charge is 0.243 e. The summed E-state index contributed by atoms with van der Waals surface area (Å²) in [5.74, 6) is -0.154. The molecule has 0 aliphatic heterocycles. The number of hydrogen-bond donors (Lipinski definition) is 3. The molecule has 2 aromatic carbocycles. The lowest BCUT2D eigenvalue weighted by Gasteiger charge is -2.12. The van der Waals surface area contributed by atoms with Gasteiger partial charge >= 0.3 is 0 Å². The Hall–Kier alpha value is -2.04. The summed E-state index contributed by atoms with van der Waals surface area (Å²) in [6.45, 7) is 4.01. The number of aliphatic hydroxyl groups excluding tert-OH is 1. The Kier molecular flexibility index (Phi) is 5.41. The van der Waals surface area contributed by atoms with Crippen molar-refractivity contribution < 1.29 is 9.90 Å². The number of aliphatic hydroxyl groups is 1. The summed E-state index contributed by atoms with van der Waals surface area (Å²) in [4.78, 5) is 12.0. The molecule has 3 N–H and O–H groups in total. The van der Waals surface area contributed by atoms with Gasteiger partial charge in [-0.25, -0.2) is 0 Å². The van der Waals surface area contributed by atoms with Crippen molar-refractivity contribution in [1.29, 1.82) is 0 Å². The lowest BCUT2D eigenvalue weighted by Crippen LogP contribution is -2.22. The minimum atomic E-state index is -0.154. The van der Waals surface area contributed by atoms with Gasteiger partial charge in [0.2, 0.25) is 5.91 Å². The molecule has 0 radical (unpaired) electrons. The number of hydrogen-bond acceptors (Lipinski definition) is 3. The van der Waals surface area contributed by atoms with E-state index in [1.807, 2.05) is 32.0 Å². The summed E-state index contributed by atoms with van der Waals surface area (Å²) in [5.41, 5.74) is 4.36. The number of carbonyl (C=O) groups is 1. The number of amides is 1. The summed E-state index contributed by atoms with van der Waals surface area (Å²) >= 11 is 6.07. The van der Waals surface area contributed by atoms with Crippen LogP contribution in [0.5, 0.6) is 0 Å². The quantitative estimate of drug-likeness (QED) is 0.790. The first kappa shape index (κ1) is 16.3. The number of anilines is 2. The molecule has 0 atom stereocenters. The maximum Gasteiger partial charge on any atom is 0.243 e. The van der Waals surface area contributed by atoms with E-state index in [1.54, 1.807) is 18.2 Å². The Labute approximate surface area is 135 Å². The summed E-state index contributed by atoms with van der Waals surface area (Å²) in [6.07, 6.45) is 0. The Morgan fingerprint density at radius 1 is 1.18 bits per heavy atom. The first-order valence-corrected chi connectivity index (χ1v) is 7.38. The molecular formula is C17H19ClN2O2. The summed E-state index contributed by atoms with van der Waals surface area (Å²) in [6, 6.07) is 10.9. The Morgan fingerprint density at radius 2 is 1.95 bits per heavy atom. The first-order valence-electron chi connectivity index (χ1n) is 7.00. The Bertz CT molecular complexity index is 686. The fourth-order valence-corrected chi connectivity index (χ4v) is 2.25. The molecule has 0 aliphatic carbocycles. The highest BCUT2D eigenvalue weighted by Crippen LogP contribution is 2.23. The van der Waals surface area contributed by atoms with Crippen LogP contribution in [-0.2, 0) is 11.4 Å². The van der Waals surface area contributed by atoms with Gasteiger partial charge in [0.15, 0.2) is 0 Å². The van der Waals surface area contributed by atoms with E-state index in [4.69, 9.17) is 16.7 Å². The standard InChI is InChI=1S/C17H19ClN2O2/c1-11-4-3-5-15(12(11)2)20-17(22)9-19-16-8-13(10-21)6-7-14(16)18/h3-8,19,21H,9-10H2,1-2H3,(H,20,22). The highest BCUT2D eigenvalue weighted by atomic mass is 35.5. The third-order valence-corrected chi connectivity index (χ3v) is 3.86. The van der Waals surface area contributed by atoms with E-state index in [0.717, 1.165) is 22.4 Å². The summed E-state index contributed by atoms with van der Waals surface area (Å²) in [5, 5.41) is 15.5. The lowest BCUT2D eigenvalue weighted by atomic mass is 10.1. The largest absolute Gasteiger partial charge is 0.392 e. The van der Waals surface area contributed by atoms with Gasteiger partial charge in [0.1, 0.15) is 0 Å². The van der Waals surface area contributed by atoms with Gasteiger partial charge in [-0.1, -0.05) is 29.8 Å². The average Bonchev–Trinajstić information content (AvgIpc) is 2.51. The van der Waals surface area contributed by atoms with Gasteiger partial charge in [0.05, 0.1) is 23.9 Å². The topological polar surface area (TPSA) is 61.4 Å². The molecule has 5 heteroatoms. The molecule has 0 unspecified atom stereocenters. The molecule has 2 aromatic rings. The average molecular weight is 319 g/mol. The molecule has 0 bridgehead atoms. The minimum Gasteiger partial charge on any atom is -0.392 e. The number of halogens is 1. The number of carbonyl (C=O) groups excluding carboxylic acids is 1. The predicted molar refractivity (Wildman–Crippen MR) is 90.4 cm³/mol. The van der Waals surface area contributed by atoms with Crippen molar-refractivity contribution in [3.63, 3.8) is 0 Å². The molecule has 22 heavy (non-hydrogen) atoms. The van der Waals surface area contributed by atoms with E-state index in [9.17, 15) is 4.79 Å². The van der Waals surface area contributed by atoms with Crippen LogP contribution < -0.4 is 10.6 Å². The first-order chi connectivity index (χ1) is 10.5. The van der Waals surface area contributed by atoms with Gasteiger partial charge < -0.3 is 15.7 Å². The van der Waals surface area contributed by atoms with Crippen LogP contribution in [0.25, 0.3) is 0 Å². The zero-order chi connectivity index (χ0) is 16.1. The van der Waals surface area contributed by atoms with Crippen molar-refractivity contribution in [2.45, 2.75) is 20.5 Å². The second-order valence-electron chi connectivity index (χ2n) is 5.12. The molecule has 0 aromatic heterocycles. The molecule has 0 saturated heterocycles. The lowest BCUT2D eigenvalue weighted by molar-refractivity contribution is -0.114. The van der Waals surface area contributed by atoms with Gasteiger partial charge in [-0.15, -0.1) is 0 Å². The maximum absolute atomic E-state index is 12.0. The van der Waals surface area contributed by atoms with E-state index in [0.29, 0.717) is 10.7 Å². The second-order valence-corrected chi connectivity index (χ2v) is 5.53. The molecule has 0 aliphatic rings. The molecule has 2 rings (SSSR count). The molecule has 4 nitrogen and oxygen atoms in total. The van der Waals surface area contributed by atoms with E-state index in [2.05, 4.69) is 10.6 Å². The van der Waals surface area contributed by atoms with Crippen LogP contribution in [0.1, 0.15) is 16.7 Å². The number of nitrogens with one attached hydrogen (secondary N) is 2. The van der Waals surface area contributed by atoms with Crippen LogP contribution in [0.2, 0.25) is 5.02 Å². The fraction of sp³-hybridized carbons (Fsp3) is 0.235. The van der Waals surface area contributed by atoms with E-state index >= 15 is 0 Å².